The minimum atomic E-state index is -3.48. The summed E-state index contributed by atoms with van der Waals surface area (Å²) in [6.45, 7) is 5.67. The van der Waals surface area contributed by atoms with E-state index in [4.69, 9.17) is 5.14 Å². The first-order chi connectivity index (χ1) is 10.4. The molecule has 0 fully saturated rings. The van der Waals surface area contributed by atoms with E-state index in [1.807, 2.05) is 18.9 Å². The number of rotatable bonds is 7. The summed E-state index contributed by atoms with van der Waals surface area (Å²) in [4.78, 5) is 6.27. The first kappa shape index (κ1) is 22.1. The number of halogens is 1. The standard InChI is InChI=1S/C15H26N4O2S.HI/c1-4-13-6-8-14(9-7-13)12-19(3)15(17-5-2)18-10-11-22(16,20)21;/h6-9H,4-5,10-12H2,1-3H3,(H,17,18)(H2,16,20,21);1H. The summed E-state index contributed by atoms with van der Waals surface area (Å²) in [7, 11) is -1.56. The SMILES string of the molecule is CCNC(=NCCS(N)(=O)=O)N(C)Cc1ccc(CC)cc1.I. The predicted octanol–water partition coefficient (Wildman–Crippen LogP) is 1.55. The van der Waals surface area contributed by atoms with Gasteiger partial charge in [-0.05, 0) is 24.5 Å². The van der Waals surface area contributed by atoms with E-state index >= 15 is 0 Å². The van der Waals surface area contributed by atoms with Gasteiger partial charge in [-0.3, -0.25) is 4.99 Å². The number of nitrogens with one attached hydrogen (secondary N) is 1. The lowest BCUT2D eigenvalue weighted by molar-refractivity contribution is 0.477. The van der Waals surface area contributed by atoms with Crippen molar-refractivity contribution in [1.82, 2.24) is 10.2 Å². The molecule has 1 aromatic carbocycles. The summed E-state index contributed by atoms with van der Waals surface area (Å²) < 4.78 is 21.9. The Kier molecular flexibility index (Phi) is 10.4. The minimum Gasteiger partial charge on any atom is -0.357 e. The fourth-order valence-corrected chi connectivity index (χ4v) is 2.32. The maximum atomic E-state index is 11.0. The summed E-state index contributed by atoms with van der Waals surface area (Å²) in [5, 5.41) is 8.14. The molecule has 1 aromatic rings. The smallest absolute Gasteiger partial charge is 0.210 e. The van der Waals surface area contributed by atoms with Crippen molar-refractivity contribution in [3.05, 3.63) is 35.4 Å². The lowest BCUT2D eigenvalue weighted by Gasteiger charge is -2.22. The monoisotopic (exact) mass is 454 g/mol. The van der Waals surface area contributed by atoms with Gasteiger partial charge in [0.05, 0.1) is 12.3 Å². The molecule has 0 atom stereocenters. The van der Waals surface area contributed by atoms with Gasteiger partial charge in [-0.1, -0.05) is 31.2 Å². The second kappa shape index (κ2) is 10.8. The van der Waals surface area contributed by atoms with Crippen LogP contribution in [-0.4, -0.2) is 45.2 Å². The van der Waals surface area contributed by atoms with Crippen LogP contribution >= 0.6 is 24.0 Å². The first-order valence-electron chi connectivity index (χ1n) is 7.43. The Morgan fingerprint density at radius 3 is 2.26 bits per heavy atom. The summed E-state index contributed by atoms with van der Waals surface area (Å²) in [6, 6.07) is 8.44. The Morgan fingerprint density at radius 2 is 1.78 bits per heavy atom. The van der Waals surface area contributed by atoms with Gasteiger partial charge < -0.3 is 10.2 Å². The molecule has 0 aliphatic rings. The third-order valence-corrected chi connectivity index (χ3v) is 3.94. The highest BCUT2D eigenvalue weighted by molar-refractivity contribution is 14.0. The zero-order valence-electron chi connectivity index (χ0n) is 13.9. The highest BCUT2D eigenvalue weighted by Crippen LogP contribution is 2.07. The van der Waals surface area contributed by atoms with Crippen molar-refractivity contribution in [3.8, 4) is 0 Å². The van der Waals surface area contributed by atoms with Crippen LogP contribution in [-0.2, 0) is 23.0 Å². The van der Waals surface area contributed by atoms with E-state index in [9.17, 15) is 8.42 Å². The second-order valence-electron chi connectivity index (χ2n) is 5.13. The summed E-state index contributed by atoms with van der Waals surface area (Å²) in [5.74, 6) is 0.520. The molecule has 23 heavy (non-hydrogen) atoms. The van der Waals surface area contributed by atoms with Crippen LogP contribution in [0.5, 0.6) is 0 Å². The van der Waals surface area contributed by atoms with E-state index in [-0.39, 0.29) is 36.3 Å². The van der Waals surface area contributed by atoms with Crippen molar-refractivity contribution >= 4 is 40.0 Å². The summed E-state index contributed by atoms with van der Waals surface area (Å²) >= 11 is 0. The zero-order valence-corrected chi connectivity index (χ0v) is 17.1. The molecule has 0 amide bonds. The summed E-state index contributed by atoms with van der Waals surface area (Å²) in [5.41, 5.74) is 2.48. The van der Waals surface area contributed by atoms with Gasteiger partial charge in [0.15, 0.2) is 5.96 Å². The number of aliphatic imine (C=N–C) groups is 1. The van der Waals surface area contributed by atoms with Crippen molar-refractivity contribution in [2.45, 2.75) is 26.8 Å². The van der Waals surface area contributed by atoms with E-state index in [0.29, 0.717) is 19.0 Å². The lowest BCUT2D eigenvalue weighted by atomic mass is 10.1. The molecule has 0 saturated carbocycles. The largest absolute Gasteiger partial charge is 0.357 e. The van der Waals surface area contributed by atoms with E-state index < -0.39 is 10.0 Å². The van der Waals surface area contributed by atoms with Gasteiger partial charge in [0.2, 0.25) is 10.0 Å². The summed E-state index contributed by atoms with van der Waals surface area (Å²) in [6.07, 6.45) is 1.02. The number of guanidine groups is 1. The number of aryl methyl sites for hydroxylation is 1. The Hall–Kier alpha value is -0.870. The van der Waals surface area contributed by atoms with Gasteiger partial charge in [0, 0.05) is 20.1 Å². The molecule has 0 heterocycles. The maximum absolute atomic E-state index is 11.0. The maximum Gasteiger partial charge on any atom is 0.210 e. The van der Waals surface area contributed by atoms with Crippen LogP contribution in [0.3, 0.4) is 0 Å². The number of primary sulfonamides is 1. The molecule has 0 aliphatic carbocycles. The van der Waals surface area contributed by atoms with Crippen LogP contribution in [0, 0.1) is 0 Å². The van der Waals surface area contributed by atoms with E-state index in [1.165, 1.54) is 11.1 Å². The number of hydrogen-bond acceptors (Lipinski definition) is 3. The van der Waals surface area contributed by atoms with Gasteiger partial charge in [-0.2, -0.15) is 0 Å². The van der Waals surface area contributed by atoms with E-state index in [2.05, 4.69) is 41.5 Å². The van der Waals surface area contributed by atoms with Crippen molar-refractivity contribution in [1.29, 1.82) is 0 Å². The van der Waals surface area contributed by atoms with E-state index in [1.54, 1.807) is 0 Å². The highest BCUT2D eigenvalue weighted by Gasteiger charge is 2.08. The molecule has 0 bridgehead atoms. The fourth-order valence-electron chi connectivity index (χ4n) is 1.98. The van der Waals surface area contributed by atoms with Gasteiger partial charge in [-0.15, -0.1) is 24.0 Å². The molecule has 0 aromatic heterocycles. The zero-order chi connectivity index (χ0) is 16.6. The van der Waals surface area contributed by atoms with Crippen LogP contribution in [0.15, 0.2) is 29.3 Å². The molecule has 6 nitrogen and oxygen atoms in total. The topological polar surface area (TPSA) is 87.8 Å². The van der Waals surface area contributed by atoms with Crippen LogP contribution in [0.4, 0.5) is 0 Å². The lowest BCUT2D eigenvalue weighted by Crippen LogP contribution is -2.39. The molecule has 0 spiro atoms. The van der Waals surface area contributed by atoms with Crippen LogP contribution in [0.25, 0.3) is 0 Å². The molecule has 8 heteroatoms. The molecule has 0 saturated heterocycles. The second-order valence-corrected chi connectivity index (χ2v) is 6.86. The molecule has 3 N–H and O–H groups in total. The van der Waals surface area contributed by atoms with E-state index in [0.717, 1.165) is 6.42 Å². The van der Waals surface area contributed by atoms with Gasteiger partial charge in [0.1, 0.15) is 0 Å². The van der Waals surface area contributed by atoms with Crippen molar-refractivity contribution in [2.24, 2.45) is 10.1 Å². The van der Waals surface area contributed by atoms with Crippen molar-refractivity contribution in [2.75, 3.05) is 25.9 Å². The number of nitrogens with two attached hydrogens (primary N) is 1. The average Bonchev–Trinajstić information content (AvgIpc) is 2.46. The quantitative estimate of drug-likeness (QED) is 0.372. The number of sulfonamides is 1. The van der Waals surface area contributed by atoms with Gasteiger partial charge in [0.25, 0.3) is 0 Å². The number of nitrogens with zero attached hydrogens (tertiary/aromatic N) is 2. The van der Waals surface area contributed by atoms with Gasteiger partial charge in [-0.25, -0.2) is 13.6 Å². The Labute approximate surface area is 156 Å². The predicted molar refractivity (Wildman–Crippen MR) is 107 cm³/mol. The van der Waals surface area contributed by atoms with Crippen LogP contribution in [0.2, 0.25) is 0 Å². The number of benzene rings is 1. The third-order valence-electron chi connectivity index (χ3n) is 3.18. The Balaban J connectivity index is 0.00000484. The molecule has 132 valence electrons. The Bertz CT molecular complexity index is 588. The normalized spacial score (nSPS) is 11.7. The molecule has 0 radical (unpaired) electrons. The Morgan fingerprint density at radius 1 is 1.22 bits per heavy atom. The first-order valence-corrected chi connectivity index (χ1v) is 9.15. The molecule has 0 unspecified atom stereocenters. The van der Waals surface area contributed by atoms with Crippen LogP contribution in [0.1, 0.15) is 25.0 Å². The molecule has 0 aliphatic heterocycles. The molecular formula is C15H27IN4O2S. The highest BCUT2D eigenvalue weighted by atomic mass is 127. The minimum absolute atomic E-state index is 0. The van der Waals surface area contributed by atoms with Crippen LogP contribution < -0.4 is 10.5 Å². The van der Waals surface area contributed by atoms with Gasteiger partial charge >= 0.3 is 0 Å². The third kappa shape index (κ3) is 9.11. The van der Waals surface area contributed by atoms with Crippen molar-refractivity contribution < 1.29 is 8.42 Å². The van der Waals surface area contributed by atoms with Crippen molar-refractivity contribution in [3.63, 3.8) is 0 Å². The molecular weight excluding hydrogens is 427 g/mol. The fraction of sp³-hybridized carbons (Fsp3) is 0.533. The average molecular weight is 454 g/mol. The number of hydrogen-bond donors (Lipinski definition) is 2. The molecule has 1 rings (SSSR count).